The summed E-state index contributed by atoms with van der Waals surface area (Å²) in [5.74, 6) is -1.34. The number of carbonyl (C=O) groups excluding carboxylic acids is 2. The van der Waals surface area contributed by atoms with Crippen LogP contribution in [0.3, 0.4) is 0 Å². The number of pyridine rings is 1. The highest BCUT2D eigenvalue weighted by Gasteiger charge is 2.23. The summed E-state index contributed by atoms with van der Waals surface area (Å²) in [6.45, 7) is 3.34. The van der Waals surface area contributed by atoms with Crippen molar-refractivity contribution in [3.63, 3.8) is 0 Å². The Morgan fingerprint density at radius 3 is 2.61 bits per heavy atom. The van der Waals surface area contributed by atoms with Crippen LogP contribution in [-0.2, 0) is 22.4 Å². The number of hydrogen-bond donors (Lipinski definition) is 2. The number of amides is 1. The molecular formula is C27H28ClFN2O5. The minimum Gasteiger partial charge on any atom is -0.478 e. The number of halogens is 2. The van der Waals surface area contributed by atoms with Gasteiger partial charge in [-0.05, 0) is 62.4 Å². The van der Waals surface area contributed by atoms with Crippen molar-refractivity contribution >= 4 is 34.4 Å². The molecule has 1 amide bonds. The zero-order valence-electron chi connectivity index (χ0n) is 20.4. The Bertz CT molecular complexity index is 1380. The molecule has 1 unspecified atom stereocenters. The molecule has 1 aromatic heterocycles. The van der Waals surface area contributed by atoms with E-state index in [2.05, 4.69) is 10.3 Å². The predicted molar refractivity (Wildman–Crippen MR) is 135 cm³/mol. The average molecular weight is 515 g/mol. The lowest BCUT2D eigenvalue weighted by molar-refractivity contribution is -0.147. The summed E-state index contributed by atoms with van der Waals surface area (Å²) in [6, 6.07) is 7.72. The maximum Gasteiger partial charge on any atom is 0.346 e. The summed E-state index contributed by atoms with van der Waals surface area (Å²) < 4.78 is 25.1. The highest BCUT2D eigenvalue weighted by Crippen LogP contribution is 2.29. The van der Waals surface area contributed by atoms with E-state index in [1.54, 1.807) is 18.2 Å². The molecule has 3 aromatic rings. The molecule has 0 spiro atoms. The van der Waals surface area contributed by atoms with Crippen LogP contribution in [0, 0.1) is 5.82 Å². The second-order valence-electron chi connectivity index (χ2n) is 8.93. The molecule has 1 aliphatic rings. The third-order valence-electron chi connectivity index (χ3n) is 6.57. The molecule has 4 rings (SSSR count). The number of carbonyl (C=O) groups is 2. The van der Waals surface area contributed by atoms with Gasteiger partial charge in [0.25, 0.3) is 5.91 Å². The fourth-order valence-electron chi connectivity index (χ4n) is 4.26. The molecule has 0 bridgehead atoms. The van der Waals surface area contributed by atoms with Crippen LogP contribution < -0.4 is 15.5 Å². The summed E-state index contributed by atoms with van der Waals surface area (Å²) in [5.41, 5.74) is 1.65. The minimum atomic E-state index is -0.995. The van der Waals surface area contributed by atoms with E-state index in [1.807, 2.05) is 6.92 Å². The van der Waals surface area contributed by atoms with E-state index in [1.165, 1.54) is 26.2 Å². The molecule has 0 saturated heterocycles. The Balaban J connectivity index is 1.72. The summed E-state index contributed by atoms with van der Waals surface area (Å²) in [7, 11) is 1.23. The van der Waals surface area contributed by atoms with Crippen molar-refractivity contribution in [3.05, 3.63) is 73.8 Å². The summed E-state index contributed by atoms with van der Waals surface area (Å²) in [4.78, 5) is 41.0. The molecule has 1 fully saturated rings. The van der Waals surface area contributed by atoms with Crippen molar-refractivity contribution in [1.82, 2.24) is 10.3 Å². The summed E-state index contributed by atoms with van der Waals surface area (Å²) in [5, 5.41) is 3.34. The van der Waals surface area contributed by atoms with Crippen molar-refractivity contribution in [2.45, 2.75) is 58.1 Å². The van der Waals surface area contributed by atoms with E-state index in [-0.39, 0.29) is 35.0 Å². The maximum absolute atomic E-state index is 14.7. The zero-order chi connectivity index (χ0) is 26.0. The molecule has 7 nitrogen and oxygen atoms in total. The van der Waals surface area contributed by atoms with Crippen molar-refractivity contribution in [3.8, 4) is 5.75 Å². The maximum atomic E-state index is 14.7. The van der Waals surface area contributed by atoms with Crippen LogP contribution in [-0.4, -0.2) is 36.1 Å². The van der Waals surface area contributed by atoms with Gasteiger partial charge in [0.2, 0.25) is 0 Å². The van der Waals surface area contributed by atoms with E-state index >= 15 is 0 Å². The van der Waals surface area contributed by atoms with Crippen molar-refractivity contribution < 1.29 is 23.5 Å². The standard InChI is InChI=1S/C27H28ClFN2O5/c1-4-21-18(12-15-8-9-16(13-19(15)28)26(33)30-17-6-5-7-17)25(32)23-22(36-14(2)27(34)35-3)11-10-20(29)24(23)31-21/h8-11,13-14,17H,4-7,12H2,1-3H3,(H,30,33)(H,31,32). The van der Waals surface area contributed by atoms with E-state index in [0.29, 0.717) is 33.8 Å². The number of ether oxygens (including phenoxy) is 2. The summed E-state index contributed by atoms with van der Waals surface area (Å²) >= 11 is 6.52. The fraction of sp³-hybridized carbons (Fsp3) is 0.370. The Kier molecular flexibility index (Phi) is 7.64. The molecule has 2 aromatic carbocycles. The Morgan fingerprint density at radius 2 is 2.00 bits per heavy atom. The molecule has 1 atom stereocenters. The van der Waals surface area contributed by atoms with Gasteiger partial charge in [0.05, 0.1) is 18.0 Å². The van der Waals surface area contributed by atoms with Crippen LogP contribution in [0.4, 0.5) is 4.39 Å². The number of methoxy groups -OCH3 is 1. The first-order valence-electron chi connectivity index (χ1n) is 11.9. The smallest absolute Gasteiger partial charge is 0.346 e. The lowest BCUT2D eigenvalue weighted by Crippen LogP contribution is -2.39. The minimum absolute atomic E-state index is 0.00396. The van der Waals surface area contributed by atoms with Gasteiger partial charge >= 0.3 is 5.97 Å². The second-order valence-corrected chi connectivity index (χ2v) is 9.33. The van der Waals surface area contributed by atoms with Crippen LogP contribution in [0.1, 0.15) is 60.3 Å². The first-order chi connectivity index (χ1) is 17.2. The quantitative estimate of drug-likeness (QED) is 0.425. The van der Waals surface area contributed by atoms with Gasteiger partial charge in [-0.2, -0.15) is 0 Å². The first-order valence-corrected chi connectivity index (χ1v) is 12.3. The van der Waals surface area contributed by atoms with Crippen LogP contribution in [0.15, 0.2) is 35.1 Å². The largest absolute Gasteiger partial charge is 0.478 e. The topological polar surface area (TPSA) is 97.5 Å². The van der Waals surface area contributed by atoms with Gasteiger partial charge in [0.1, 0.15) is 11.6 Å². The van der Waals surface area contributed by atoms with E-state index in [9.17, 15) is 18.8 Å². The molecular weight excluding hydrogens is 487 g/mol. The number of rotatable bonds is 8. The number of hydrogen-bond acceptors (Lipinski definition) is 5. The van der Waals surface area contributed by atoms with E-state index < -0.39 is 23.3 Å². The number of aryl methyl sites for hydroxylation is 1. The number of nitrogens with one attached hydrogen (secondary N) is 2. The second kappa shape index (κ2) is 10.7. The molecule has 0 radical (unpaired) electrons. The molecule has 2 N–H and O–H groups in total. The molecule has 1 heterocycles. The third-order valence-corrected chi connectivity index (χ3v) is 6.92. The molecule has 190 valence electrons. The normalized spacial score (nSPS) is 14.2. The van der Waals surface area contributed by atoms with Gasteiger partial charge in [-0.25, -0.2) is 9.18 Å². The molecule has 0 aliphatic heterocycles. The first kappa shape index (κ1) is 25.7. The van der Waals surface area contributed by atoms with E-state index in [0.717, 1.165) is 19.3 Å². The van der Waals surface area contributed by atoms with E-state index in [4.69, 9.17) is 21.1 Å². The number of aromatic nitrogens is 1. The highest BCUT2D eigenvalue weighted by atomic mass is 35.5. The predicted octanol–water partition coefficient (Wildman–Crippen LogP) is 4.70. The average Bonchev–Trinajstić information content (AvgIpc) is 2.84. The van der Waals surface area contributed by atoms with Crippen molar-refractivity contribution in [2.75, 3.05) is 7.11 Å². The van der Waals surface area contributed by atoms with Gasteiger partial charge < -0.3 is 19.8 Å². The molecule has 36 heavy (non-hydrogen) atoms. The fourth-order valence-corrected chi connectivity index (χ4v) is 4.50. The van der Waals surface area contributed by atoms with Gasteiger partial charge in [0, 0.05) is 34.3 Å². The van der Waals surface area contributed by atoms with Gasteiger partial charge in [-0.15, -0.1) is 0 Å². The van der Waals surface area contributed by atoms with Gasteiger partial charge in [-0.1, -0.05) is 24.6 Å². The molecule has 1 saturated carbocycles. The SMILES string of the molecule is CCc1[nH]c2c(F)ccc(OC(C)C(=O)OC)c2c(=O)c1Cc1ccc(C(=O)NC2CCC2)cc1Cl. The Hall–Kier alpha value is -3.39. The van der Waals surface area contributed by atoms with Crippen molar-refractivity contribution in [1.29, 1.82) is 0 Å². The number of aromatic amines is 1. The highest BCUT2D eigenvalue weighted by molar-refractivity contribution is 6.31. The Morgan fingerprint density at radius 1 is 1.25 bits per heavy atom. The third kappa shape index (κ3) is 5.09. The van der Waals surface area contributed by atoms with Crippen LogP contribution in [0.5, 0.6) is 5.75 Å². The van der Waals surface area contributed by atoms with Crippen LogP contribution >= 0.6 is 11.6 Å². The van der Waals surface area contributed by atoms with Crippen LogP contribution in [0.2, 0.25) is 5.02 Å². The summed E-state index contributed by atoms with van der Waals surface area (Å²) in [6.07, 6.45) is 2.69. The number of fused-ring (bicyclic) bond motifs is 1. The number of esters is 1. The zero-order valence-corrected chi connectivity index (χ0v) is 21.1. The van der Waals surface area contributed by atoms with Crippen molar-refractivity contribution in [2.24, 2.45) is 0 Å². The van der Waals surface area contributed by atoms with Gasteiger partial charge in [0.15, 0.2) is 11.5 Å². The van der Waals surface area contributed by atoms with Gasteiger partial charge in [-0.3, -0.25) is 9.59 Å². The molecule has 1 aliphatic carbocycles. The van der Waals surface area contributed by atoms with Crippen LogP contribution in [0.25, 0.3) is 10.9 Å². The number of benzene rings is 2. The number of H-pyrrole nitrogens is 1. The Labute approximate surface area is 212 Å². The lowest BCUT2D eigenvalue weighted by Gasteiger charge is -2.26. The molecule has 9 heteroatoms. The lowest BCUT2D eigenvalue weighted by atomic mass is 9.93. The monoisotopic (exact) mass is 514 g/mol.